The van der Waals surface area contributed by atoms with Gasteiger partial charge in [0.2, 0.25) is 0 Å². The Bertz CT molecular complexity index is 575. The molecule has 0 unspecified atom stereocenters. The number of carbonyl (C=O) groups is 1. The molecule has 2 aromatic rings. The smallest absolute Gasteiger partial charge is 0.254 e. The van der Waals surface area contributed by atoms with E-state index in [0.29, 0.717) is 18.7 Å². The first-order valence-corrected chi connectivity index (χ1v) is 6.35. The van der Waals surface area contributed by atoms with Gasteiger partial charge in [-0.15, -0.1) is 13.2 Å². The van der Waals surface area contributed by atoms with Crippen molar-refractivity contribution >= 4 is 5.91 Å². The molecule has 0 aliphatic rings. The Morgan fingerprint density at radius 1 is 1.20 bits per heavy atom. The lowest BCUT2D eigenvalue weighted by Crippen LogP contribution is -2.31. The van der Waals surface area contributed by atoms with Crippen molar-refractivity contribution in [3.63, 3.8) is 0 Å². The number of hydrogen-bond donors (Lipinski definition) is 0. The summed E-state index contributed by atoms with van der Waals surface area (Å²) >= 11 is 0. The fraction of sp³-hybridized carbons (Fsp3) is 0.125. The molecule has 20 heavy (non-hydrogen) atoms. The Balaban J connectivity index is 2.18. The van der Waals surface area contributed by atoms with Gasteiger partial charge >= 0.3 is 0 Å². The van der Waals surface area contributed by atoms with E-state index in [2.05, 4.69) is 18.1 Å². The SMILES string of the molecule is C=CCN(CC=C)C(=O)c1ccc(-n2ccnc2)cc1. The van der Waals surface area contributed by atoms with Crippen LogP contribution in [0, 0.1) is 0 Å². The molecule has 2 rings (SSSR count). The van der Waals surface area contributed by atoms with Crippen molar-refractivity contribution in [2.45, 2.75) is 0 Å². The van der Waals surface area contributed by atoms with Gasteiger partial charge in [-0.05, 0) is 24.3 Å². The van der Waals surface area contributed by atoms with Crippen LogP contribution in [0.4, 0.5) is 0 Å². The molecule has 0 aliphatic carbocycles. The van der Waals surface area contributed by atoms with E-state index in [-0.39, 0.29) is 5.91 Å². The highest BCUT2D eigenvalue weighted by Gasteiger charge is 2.13. The molecule has 1 amide bonds. The van der Waals surface area contributed by atoms with Gasteiger partial charge in [-0.1, -0.05) is 12.2 Å². The molecule has 0 N–H and O–H groups in total. The van der Waals surface area contributed by atoms with E-state index in [9.17, 15) is 4.79 Å². The summed E-state index contributed by atoms with van der Waals surface area (Å²) in [5, 5.41) is 0. The standard InChI is InChI=1S/C16H17N3O/c1-3-10-18(11-4-2)16(20)14-5-7-15(8-6-14)19-12-9-17-13-19/h3-9,12-13H,1-2,10-11H2. The number of imidazole rings is 1. The van der Waals surface area contributed by atoms with Gasteiger partial charge in [0.1, 0.15) is 0 Å². The molecule has 0 atom stereocenters. The highest BCUT2D eigenvalue weighted by atomic mass is 16.2. The second-order valence-electron chi connectivity index (χ2n) is 4.30. The average Bonchev–Trinajstić information content (AvgIpc) is 3.01. The fourth-order valence-electron chi connectivity index (χ4n) is 1.92. The lowest BCUT2D eigenvalue weighted by atomic mass is 10.1. The Labute approximate surface area is 118 Å². The van der Waals surface area contributed by atoms with Crippen molar-refractivity contribution in [2.75, 3.05) is 13.1 Å². The summed E-state index contributed by atoms with van der Waals surface area (Å²) in [6, 6.07) is 7.43. The summed E-state index contributed by atoms with van der Waals surface area (Å²) in [7, 11) is 0. The molecule has 4 nitrogen and oxygen atoms in total. The lowest BCUT2D eigenvalue weighted by Gasteiger charge is -2.19. The Morgan fingerprint density at radius 2 is 1.85 bits per heavy atom. The van der Waals surface area contributed by atoms with Gasteiger partial charge in [-0.2, -0.15) is 0 Å². The minimum atomic E-state index is -0.0259. The van der Waals surface area contributed by atoms with Crippen LogP contribution in [0.5, 0.6) is 0 Å². The van der Waals surface area contributed by atoms with Crippen LogP contribution in [0.2, 0.25) is 0 Å². The third kappa shape index (κ3) is 3.03. The molecule has 0 fully saturated rings. The van der Waals surface area contributed by atoms with Crippen molar-refractivity contribution in [1.29, 1.82) is 0 Å². The number of aromatic nitrogens is 2. The van der Waals surface area contributed by atoms with Gasteiger partial charge in [-0.25, -0.2) is 4.98 Å². The van der Waals surface area contributed by atoms with Crippen LogP contribution in [-0.2, 0) is 0 Å². The van der Waals surface area contributed by atoms with Gasteiger partial charge in [-0.3, -0.25) is 4.79 Å². The van der Waals surface area contributed by atoms with Crippen LogP contribution in [-0.4, -0.2) is 33.4 Å². The zero-order valence-electron chi connectivity index (χ0n) is 11.3. The summed E-state index contributed by atoms with van der Waals surface area (Å²) < 4.78 is 1.89. The van der Waals surface area contributed by atoms with Gasteiger partial charge < -0.3 is 9.47 Å². The van der Waals surface area contributed by atoms with E-state index < -0.39 is 0 Å². The molecule has 1 aromatic carbocycles. The van der Waals surface area contributed by atoms with Crippen LogP contribution < -0.4 is 0 Å². The second kappa shape index (κ2) is 6.52. The maximum atomic E-state index is 12.3. The van der Waals surface area contributed by atoms with Gasteiger partial charge in [0, 0.05) is 36.7 Å². The highest BCUT2D eigenvalue weighted by molar-refractivity contribution is 5.94. The summed E-state index contributed by atoms with van der Waals surface area (Å²) in [6.45, 7) is 8.35. The molecule has 0 spiro atoms. The quantitative estimate of drug-likeness (QED) is 0.755. The largest absolute Gasteiger partial charge is 0.331 e. The molecule has 0 aliphatic heterocycles. The van der Waals surface area contributed by atoms with E-state index in [0.717, 1.165) is 5.69 Å². The van der Waals surface area contributed by atoms with Gasteiger partial charge in [0.25, 0.3) is 5.91 Å². The third-order valence-corrected chi connectivity index (χ3v) is 2.90. The number of benzene rings is 1. The van der Waals surface area contributed by atoms with Crippen molar-refractivity contribution in [3.05, 3.63) is 73.9 Å². The summed E-state index contributed by atoms with van der Waals surface area (Å²) in [6.07, 6.45) is 8.72. The van der Waals surface area contributed by atoms with Crippen molar-refractivity contribution < 1.29 is 4.79 Å². The molecule has 4 heteroatoms. The molecule has 0 bridgehead atoms. The maximum Gasteiger partial charge on any atom is 0.254 e. The van der Waals surface area contributed by atoms with Gasteiger partial charge in [0.05, 0.1) is 6.33 Å². The van der Waals surface area contributed by atoms with Crippen LogP contribution in [0.1, 0.15) is 10.4 Å². The third-order valence-electron chi connectivity index (χ3n) is 2.90. The Morgan fingerprint density at radius 3 is 2.35 bits per heavy atom. The van der Waals surface area contributed by atoms with E-state index in [1.807, 2.05) is 35.0 Å². The predicted molar refractivity (Wildman–Crippen MR) is 79.9 cm³/mol. The molecule has 1 heterocycles. The fourth-order valence-corrected chi connectivity index (χ4v) is 1.92. The average molecular weight is 267 g/mol. The first-order chi connectivity index (χ1) is 9.76. The number of carbonyl (C=O) groups excluding carboxylic acids is 1. The van der Waals surface area contributed by atoms with Crippen molar-refractivity contribution in [3.8, 4) is 5.69 Å². The monoisotopic (exact) mass is 267 g/mol. The molecular formula is C16H17N3O. The number of rotatable bonds is 6. The highest BCUT2D eigenvalue weighted by Crippen LogP contribution is 2.11. The van der Waals surface area contributed by atoms with Crippen LogP contribution >= 0.6 is 0 Å². The van der Waals surface area contributed by atoms with Crippen LogP contribution in [0.25, 0.3) is 5.69 Å². The van der Waals surface area contributed by atoms with Crippen molar-refractivity contribution in [1.82, 2.24) is 14.5 Å². The minimum Gasteiger partial charge on any atom is -0.331 e. The van der Waals surface area contributed by atoms with E-state index in [1.54, 1.807) is 29.6 Å². The zero-order valence-corrected chi connectivity index (χ0v) is 11.3. The summed E-state index contributed by atoms with van der Waals surface area (Å²) in [4.78, 5) is 18.0. The number of hydrogen-bond acceptors (Lipinski definition) is 2. The maximum absolute atomic E-state index is 12.3. The van der Waals surface area contributed by atoms with Gasteiger partial charge in [0.15, 0.2) is 0 Å². The first-order valence-electron chi connectivity index (χ1n) is 6.35. The Kier molecular flexibility index (Phi) is 4.50. The summed E-state index contributed by atoms with van der Waals surface area (Å²) in [5.41, 5.74) is 1.62. The lowest BCUT2D eigenvalue weighted by molar-refractivity contribution is 0.0791. The Hall–Kier alpha value is -2.62. The topological polar surface area (TPSA) is 38.1 Å². The van der Waals surface area contributed by atoms with Crippen LogP contribution in [0.3, 0.4) is 0 Å². The minimum absolute atomic E-state index is 0.0259. The van der Waals surface area contributed by atoms with E-state index >= 15 is 0 Å². The van der Waals surface area contributed by atoms with E-state index in [1.165, 1.54) is 0 Å². The van der Waals surface area contributed by atoms with E-state index in [4.69, 9.17) is 0 Å². The first kappa shape index (κ1) is 13.8. The normalized spacial score (nSPS) is 10.0. The molecular weight excluding hydrogens is 250 g/mol. The molecule has 102 valence electrons. The number of nitrogens with zero attached hydrogens (tertiary/aromatic N) is 3. The summed E-state index contributed by atoms with van der Waals surface area (Å²) in [5.74, 6) is -0.0259. The second-order valence-corrected chi connectivity index (χ2v) is 4.30. The molecule has 0 radical (unpaired) electrons. The zero-order chi connectivity index (χ0) is 14.4. The predicted octanol–water partition coefficient (Wildman–Crippen LogP) is 2.69. The van der Waals surface area contributed by atoms with Crippen LogP contribution in [0.15, 0.2) is 68.3 Å². The molecule has 1 aromatic heterocycles. The van der Waals surface area contributed by atoms with Crippen molar-refractivity contribution in [2.24, 2.45) is 0 Å². The molecule has 0 saturated heterocycles. The molecule has 0 saturated carbocycles. The number of amides is 1.